The molecular weight excluding hydrogens is 228 g/mol. The summed E-state index contributed by atoms with van der Waals surface area (Å²) in [6.45, 7) is 8.14. The van der Waals surface area contributed by atoms with Crippen LogP contribution in [0.1, 0.15) is 39.4 Å². The van der Waals surface area contributed by atoms with Gasteiger partial charge in [0.2, 0.25) is 5.91 Å². The smallest absolute Gasteiger partial charge is 0.240 e. The predicted molar refractivity (Wildman–Crippen MR) is 72.1 cm³/mol. The molecule has 2 N–H and O–H groups in total. The second-order valence-corrected chi connectivity index (χ2v) is 4.51. The Morgan fingerprint density at radius 3 is 2.94 bits per heavy atom. The molecule has 18 heavy (non-hydrogen) atoms. The quantitative estimate of drug-likeness (QED) is 0.733. The fourth-order valence-electron chi connectivity index (χ4n) is 1.87. The second kappa shape index (κ2) is 7.87. The molecule has 0 saturated heterocycles. The number of rotatable bonds is 8. The lowest BCUT2D eigenvalue weighted by molar-refractivity contribution is -0.122. The highest BCUT2D eigenvalue weighted by Gasteiger charge is 2.09. The largest absolute Gasteiger partial charge is 0.352 e. The molecule has 0 fully saturated rings. The molecule has 0 radical (unpaired) electrons. The predicted octanol–water partition coefficient (Wildman–Crippen LogP) is 1.30. The Morgan fingerprint density at radius 1 is 1.50 bits per heavy atom. The van der Waals surface area contributed by atoms with Crippen molar-refractivity contribution in [3.8, 4) is 0 Å². The summed E-state index contributed by atoms with van der Waals surface area (Å²) in [5.41, 5.74) is 0. The van der Waals surface area contributed by atoms with Crippen LogP contribution in [-0.4, -0.2) is 28.0 Å². The van der Waals surface area contributed by atoms with Gasteiger partial charge in [0, 0.05) is 18.4 Å². The highest BCUT2D eigenvalue weighted by molar-refractivity contribution is 5.76. The van der Waals surface area contributed by atoms with Gasteiger partial charge in [-0.1, -0.05) is 20.3 Å². The average Bonchev–Trinajstić information content (AvgIpc) is 2.73. The molecule has 1 unspecified atom stereocenters. The second-order valence-electron chi connectivity index (χ2n) is 4.51. The third-order valence-electron chi connectivity index (χ3n) is 2.78. The molecule has 0 aliphatic rings. The molecule has 102 valence electrons. The topological polar surface area (TPSA) is 59.0 Å². The molecule has 0 aliphatic carbocycles. The van der Waals surface area contributed by atoms with Gasteiger partial charge in [0.25, 0.3) is 0 Å². The normalized spacial score (nSPS) is 12.4. The van der Waals surface area contributed by atoms with E-state index in [1.807, 2.05) is 24.6 Å². The number of imidazole rings is 1. The zero-order valence-electron chi connectivity index (χ0n) is 11.6. The molecule has 0 aliphatic heterocycles. The minimum absolute atomic E-state index is 0.0479. The fraction of sp³-hybridized carbons (Fsp3) is 0.692. The van der Waals surface area contributed by atoms with Crippen molar-refractivity contribution in [1.29, 1.82) is 0 Å². The van der Waals surface area contributed by atoms with Crippen LogP contribution in [0.5, 0.6) is 0 Å². The summed E-state index contributed by atoms with van der Waals surface area (Å²) in [6, 6.07) is 0.239. The fourth-order valence-corrected chi connectivity index (χ4v) is 1.87. The van der Waals surface area contributed by atoms with E-state index in [4.69, 9.17) is 0 Å². The third-order valence-corrected chi connectivity index (χ3v) is 2.78. The van der Waals surface area contributed by atoms with E-state index in [0.29, 0.717) is 13.1 Å². The monoisotopic (exact) mass is 252 g/mol. The number of carbonyl (C=O) groups is 1. The molecule has 1 rings (SSSR count). The van der Waals surface area contributed by atoms with Crippen molar-refractivity contribution in [2.24, 2.45) is 0 Å². The molecule has 1 amide bonds. The van der Waals surface area contributed by atoms with Crippen LogP contribution in [-0.2, 0) is 17.9 Å². The first kappa shape index (κ1) is 14.7. The number of hydrogen-bond donors (Lipinski definition) is 2. The summed E-state index contributed by atoms with van der Waals surface area (Å²) < 4.78 is 1.89. The van der Waals surface area contributed by atoms with Crippen LogP contribution in [0.2, 0.25) is 0 Å². The van der Waals surface area contributed by atoms with E-state index in [1.54, 1.807) is 6.20 Å². The number of nitrogens with one attached hydrogen (secondary N) is 2. The Labute approximate surface area is 109 Å². The summed E-state index contributed by atoms with van der Waals surface area (Å²) >= 11 is 0. The highest BCUT2D eigenvalue weighted by atomic mass is 16.2. The molecule has 1 heterocycles. The van der Waals surface area contributed by atoms with Gasteiger partial charge in [-0.25, -0.2) is 4.98 Å². The van der Waals surface area contributed by atoms with E-state index >= 15 is 0 Å². The molecular formula is C13H24N4O. The van der Waals surface area contributed by atoms with Crippen molar-refractivity contribution in [2.45, 2.75) is 52.7 Å². The number of carbonyl (C=O) groups excluding carboxylic acids is 1. The first-order chi connectivity index (χ1) is 8.67. The SMILES string of the molecule is CCCC(C)NC(=O)Cn1ccnc1CNCC. The minimum Gasteiger partial charge on any atom is -0.352 e. The van der Waals surface area contributed by atoms with Gasteiger partial charge in [0.15, 0.2) is 0 Å². The molecule has 1 atom stereocenters. The van der Waals surface area contributed by atoms with Crippen molar-refractivity contribution in [2.75, 3.05) is 6.54 Å². The average molecular weight is 252 g/mol. The van der Waals surface area contributed by atoms with Crippen molar-refractivity contribution in [3.63, 3.8) is 0 Å². The maximum Gasteiger partial charge on any atom is 0.240 e. The summed E-state index contributed by atoms with van der Waals surface area (Å²) in [5, 5.41) is 6.20. The molecule has 5 nitrogen and oxygen atoms in total. The number of aromatic nitrogens is 2. The van der Waals surface area contributed by atoms with Gasteiger partial charge in [-0.2, -0.15) is 0 Å². The van der Waals surface area contributed by atoms with Gasteiger partial charge < -0.3 is 15.2 Å². The van der Waals surface area contributed by atoms with Crippen molar-refractivity contribution < 1.29 is 4.79 Å². The number of hydrogen-bond acceptors (Lipinski definition) is 3. The molecule has 1 aromatic heterocycles. The Morgan fingerprint density at radius 2 is 2.28 bits per heavy atom. The zero-order chi connectivity index (χ0) is 13.4. The van der Waals surface area contributed by atoms with Crippen LogP contribution < -0.4 is 10.6 Å². The summed E-state index contributed by atoms with van der Waals surface area (Å²) in [4.78, 5) is 16.1. The zero-order valence-corrected chi connectivity index (χ0v) is 11.6. The van der Waals surface area contributed by atoms with Gasteiger partial charge in [-0.05, 0) is 19.9 Å². The van der Waals surface area contributed by atoms with E-state index in [2.05, 4.69) is 22.5 Å². The molecule has 0 aromatic carbocycles. The van der Waals surface area contributed by atoms with Crippen molar-refractivity contribution in [1.82, 2.24) is 20.2 Å². The van der Waals surface area contributed by atoms with Gasteiger partial charge in [0.05, 0.1) is 6.54 Å². The Bertz CT molecular complexity index is 362. The Kier molecular flexibility index (Phi) is 6.43. The molecule has 5 heteroatoms. The lowest BCUT2D eigenvalue weighted by atomic mass is 10.2. The van der Waals surface area contributed by atoms with E-state index in [-0.39, 0.29) is 11.9 Å². The maximum absolute atomic E-state index is 11.8. The Hall–Kier alpha value is -1.36. The summed E-state index contributed by atoms with van der Waals surface area (Å²) in [5.74, 6) is 0.946. The van der Waals surface area contributed by atoms with Gasteiger partial charge in [-0.15, -0.1) is 0 Å². The molecule has 0 bridgehead atoms. The molecule has 0 saturated carbocycles. The Balaban J connectivity index is 2.46. The third kappa shape index (κ3) is 4.87. The molecule has 1 aromatic rings. The van der Waals surface area contributed by atoms with Crippen LogP contribution in [0.4, 0.5) is 0 Å². The first-order valence-corrected chi connectivity index (χ1v) is 6.67. The van der Waals surface area contributed by atoms with Crippen molar-refractivity contribution in [3.05, 3.63) is 18.2 Å². The van der Waals surface area contributed by atoms with Crippen LogP contribution in [0.3, 0.4) is 0 Å². The van der Waals surface area contributed by atoms with E-state index in [1.165, 1.54) is 0 Å². The highest BCUT2D eigenvalue weighted by Crippen LogP contribution is 1.99. The van der Waals surface area contributed by atoms with E-state index < -0.39 is 0 Å². The van der Waals surface area contributed by atoms with Gasteiger partial charge in [-0.3, -0.25) is 4.79 Å². The standard InChI is InChI=1S/C13H24N4O/c1-4-6-11(3)16-13(18)10-17-8-7-15-12(17)9-14-5-2/h7-8,11,14H,4-6,9-10H2,1-3H3,(H,16,18). The minimum atomic E-state index is 0.0479. The van der Waals surface area contributed by atoms with Gasteiger partial charge >= 0.3 is 0 Å². The van der Waals surface area contributed by atoms with Crippen molar-refractivity contribution >= 4 is 5.91 Å². The molecule has 0 spiro atoms. The summed E-state index contributed by atoms with van der Waals surface area (Å²) in [6.07, 6.45) is 5.67. The van der Waals surface area contributed by atoms with E-state index in [0.717, 1.165) is 25.2 Å². The lowest BCUT2D eigenvalue weighted by Gasteiger charge is -2.14. The van der Waals surface area contributed by atoms with Crippen LogP contribution in [0.15, 0.2) is 12.4 Å². The summed E-state index contributed by atoms with van der Waals surface area (Å²) in [7, 11) is 0. The first-order valence-electron chi connectivity index (χ1n) is 6.67. The van der Waals surface area contributed by atoms with Crippen LogP contribution in [0, 0.1) is 0 Å². The van der Waals surface area contributed by atoms with Crippen LogP contribution in [0.25, 0.3) is 0 Å². The van der Waals surface area contributed by atoms with Gasteiger partial charge in [0.1, 0.15) is 12.4 Å². The van der Waals surface area contributed by atoms with E-state index in [9.17, 15) is 4.79 Å². The maximum atomic E-state index is 11.8. The number of nitrogens with zero attached hydrogens (tertiary/aromatic N) is 2. The number of amides is 1. The van der Waals surface area contributed by atoms with Crippen LogP contribution >= 0.6 is 0 Å². The lowest BCUT2D eigenvalue weighted by Crippen LogP contribution is -2.35.